The van der Waals surface area contributed by atoms with Gasteiger partial charge >= 0.3 is 0 Å². The number of benzene rings is 3. The summed E-state index contributed by atoms with van der Waals surface area (Å²) in [5.41, 5.74) is 1.80. The minimum atomic E-state index is -0.694. The number of aromatic nitrogens is 2. The zero-order chi connectivity index (χ0) is 31.7. The fourth-order valence-electron chi connectivity index (χ4n) is 5.73. The van der Waals surface area contributed by atoms with Gasteiger partial charge in [0.25, 0.3) is 0 Å². The number of hydrogen-bond acceptors (Lipinski definition) is 8. The Kier molecular flexibility index (Phi) is 9.02. The lowest BCUT2D eigenvalue weighted by atomic mass is 9.89. The molecule has 1 unspecified atom stereocenters. The van der Waals surface area contributed by atoms with Crippen molar-refractivity contribution in [1.29, 1.82) is 0 Å². The number of hydrogen-bond donors (Lipinski definition) is 2. The molecule has 9 nitrogen and oxygen atoms in total. The largest absolute Gasteiger partial charge is 0.493 e. The van der Waals surface area contributed by atoms with Crippen LogP contribution in [0.5, 0.6) is 11.5 Å². The summed E-state index contributed by atoms with van der Waals surface area (Å²) >= 11 is 11.9. The van der Waals surface area contributed by atoms with Crippen LogP contribution in [0.4, 0.5) is 20.3 Å². The van der Waals surface area contributed by atoms with Gasteiger partial charge in [-0.1, -0.05) is 35.3 Å². The van der Waals surface area contributed by atoms with Gasteiger partial charge in [0, 0.05) is 43.1 Å². The molecule has 2 aliphatic heterocycles. The molecule has 0 saturated carbocycles. The fraction of sp³-hybridized carbons (Fsp3) is 0.312. The molecule has 0 radical (unpaired) electrons. The van der Waals surface area contributed by atoms with Crippen LogP contribution in [0, 0.1) is 11.6 Å². The lowest BCUT2D eigenvalue weighted by Gasteiger charge is -2.32. The van der Waals surface area contributed by atoms with Crippen LogP contribution in [0.3, 0.4) is 0 Å². The van der Waals surface area contributed by atoms with Crippen LogP contribution in [-0.4, -0.2) is 53.0 Å². The number of nitrogens with zero attached hydrogens (tertiary/aromatic N) is 3. The number of ether oxygens (including phenoxy) is 2. The second-order valence-corrected chi connectivity index (χ2v) is 11.8. The zero-order valence-electron chi connectivity index (χ0n) is 24.2. The van der Waals surface area contributed by atoms with Gasteiger partial charge in [-0.15, -0.1) is 0 Å². The number of carbonyl (C=O) groups excluding carboxylic acids is 2. The zero-order valence-corrected chi connectivity index (χ0v) is 25.7. The van der Waals surface area contributed by atoms with E-state index in [-0.39, 0.29) is 34.2 Å². The second kappa shape index (κ2) is 13.1. The third kappa shape index (κ3) is 6.66. The minimum Gasteiger partial charge on any atom is -0.493 e. The van der Waals surface area contributed by atoms with Gasteiger partial charge in [-0.25, -0.2) is 18.7 Å². The molecule has 45 heavy (non-hydrogen) atoms. The lowest BCUT2D eigenvalue weighted by Crippen LogP contribution is -2.39. The molecular formula is C32H29Cl2F2N5O4. The first kappa shape index (κ1) is 30.9. The van der Waals surface area contributed by atoms with Crippen molar-refractivity contribution in [3.05, 3.63) is 81.6 Å². The van der Waals surface area contributed by atoms with E-state index >= 15 is 0 Å². The van der Waals surface area contributed by atoms with Gasteiger partial charge in [-0.3, -0.25) is 19.8 Å². The summed E-state index contributed by atoms with van der Waals surface area (Å²) in [5, 5.41) is 5.78. The van der Waals surface area contributed by atoms with Gasteiger partial charge in [-0.2, -0.15) is 0 Å². The highest BCUT2D eigenvalue weighted by Crippen LogP contribution is 2.38. The van der Waals surface area contributed by atoms with E-state index < -0.39 is 23.5 Å². The minimum absolute atomic E-state index is 0.104. The van der Waals surface area contributed by atoms with Crippen LogP contribution in [0.25, 0.3) is 10.9 Å². The summed E-state index contributed by atoms with van der Waals surface area (Å²) in [4.78, 5) is 34.5. The molecule has 1 aromatic heterocycles. The number of carbonyl (C=O) groups is 2. The first-order chi connectivity index (χ1) is 21.7. The summed E-state index contributed by atoms with van der Waals surface area (Å²) in [7, 11) is 1.55. The number of rotatable bonds is 8. The van der Waals surface area contributed by atoms with Crippen molar-refractivity contribution in [2.24, 2.45) is 0 Å². The monoisotopic (exact) mass is 655 g/mol. The molecule has 2 saturated heterocycles. The van der Waals surface area contributed by atoms with Crippen LogP contribution in [0.15, 0.2) is 48.8 Å². The SMILES string of the molecule is COc1cc2ncnc(Nc3ccc(Cl)c(Cl)c3F)c2cc1OC1CCN(Cc2ccc(C3CCC(=O)NC3=O)c(F)c2)CC1. The molecule has 13 heteroatoms. The van der Waals surface area contributed by atoms with Gasteiger partial charge in [0.05, 0.1) is 34.3 Å². The van der Waals surface area contributed by atoms with Gasteiger partial charge in [0.1, 0.15) is 24.1 Å². The number of imide groups is 1. The predicted molar refractivity (Wildman–Crippen MR) is 166 cm³/mol. The van der Waals surface area contributed by atoms with E-state index in [1.807, 2.05) is 6.07 Å². The Labute approximate surface area is 267 Å². The lowest BCUT2D eigenvalue weighted by molar-refractivity contribution is -0.134. The van der Waals surface area contributed by atoms with Crippen molar-refractivity contribution in [3.63, 3.8) is 0 Å². The molecule has 1 atom stereocenters. The van der Waals surface area contributed by atoms with E-state index in [4.69, 9.17) is 32.7 Å². The van der Waals surface area contributed by atoms with Gasteiger partial charge < -0.3 is 14.8 Å². The van der Waals surface area contributed by atoms with Crippen LogP contribution in [-0.2, 0) is 16.1 Å². The van der Waals surface area contributed by atoms with Gasteiger partial charge in [0.2, 0.25) is 11.8 Å². The van der Waals surface area contributed by atoms with Gasteiger partial charge in [0.15, 0.2) is 17.3 Å². The maximum Gasteiger partial charge on any atom is 0.234 e. The summed E-state index contributed by atoms with van der Waals surface area (Å²) in [5.74, 6) is -1.22. The molecule has 2 aliphatic rings. The Balaban J connectivity index is 1.12. The molecule has 3 heterocycles. The molecule has 0 aliphatic carbocycles. The smallest absolute Gasteiger partial charge is 0.234 e. The maximum absolute atomic E-state index is 15.0. The number of piperidine rings is 2. The number of anilines is 2. The molecule has 2 fully saturated rings. The Hall–Kier alpha value is -4.06. The normalized spacial score (nSPS) is 17.8. The third-order valence-corrected chi connectivity index (χ3v) is 8.90. The van der Waals surface area contributed by atoms with Crippen molar-refractivity contribution in [2.75, 3.05) is 25.5 Å². The molecule has 0 bridgehead atoms. The molecule has 234 valence electrons. The number of halogens is 4. The number of fused-ring (bicyclic) bond motifs is 1. The highest BCUT2D eigenvalue weighted by molar-refractivity contribution is 6.42. The predicted octanol–water partition coefficient (Wildman–Crippen LogP) is 6.53. The van der Waals surface area contributed by atoms with Crippen LogP contribution in [0.2, 0.25) is 10.0 Å². The van der Waals surface area contributed by atoms with E-state index in [1.165, 1.54) is 24.5 Å². The summed E-state index contributed by atoms with van der Waals surface area (Å²) in [6.45, 7) is 2.00. The molecule has 6 rings (SSSR count). The average Bonchev–Trinajstić information content (AvgIpc) is 3.03. The van der Waals surface area contributed by atoms with Crippen molar-refractivity contribution in [3.8, 4) is 11.5 Å². The van der Waals surface area contributed by atoms with Crippen molar-refractivity contribution in [1.82, 2.24) is 20.2 Å². The van der Waals surface area contributed by atoms with Crippen LogP contribution >= 0.6 is 23.2 Å². The Morgan fingerprint density at radius 3 is 2.56 bits per heavy atom. The standard InChI is InChI=1S/C32H29Cl2F2N5O4/c1-44-26-14-25-21(31(38-16-37-25)39-24-6-5-22(33)29(34)30(24)36)13-27(26)45-18-8-10-41(11-9-18)15-17-2-3-19(23(35)12-17)20-4-7-28(42)40-32(20)43/h2-3,5-6,12-14,16,18,20H,4,7-11,15H2,1H3,(H,37,38,39)(H,40,42,43). The Bertz CT molecular complexity index is 1780. The topological polar surface area (TPSA) is 106 Å². The van der Waals surface area contributed by atoms with Gasteiger partial charge in [-0.05, 0) is 49.1 Å². The molecule has 4 aromatic rings. The van der Waals surface area contributed by atoms with Crippen molar-refractivity contribution in [2.45, 2.75) is 44.2 Å². The van der Waals surface area contributed by atoms with Crippen molar-refractivity contribution < 1.29 is 27.8 Å². The van der Waals surface area contributed by atoms with E-state index in [1.54, 1.807) is 25.3 Å². The molecule has 0 spiro atoms. The first-order valence-electron chi connectivity index (χ1n) is 14.4. The van der Waals surface area contributed by atoms with Crippen LogP contribution < -0.4 is 20.1 Å². The molecule has 3 aromatic carbocycles. The van der Waals surface area contributed by atoms with E-state index in [0.717, 1.165) is 31.5 Å². The van der Waals surface area contributed by atoms with E-state index in [0.29, 0.717) is 46.7 Å². The quantitative estimate of drug-likeness (QED) is 0.163. The fourth-order valence-corrected chi connectivity index (χ4v) is 6.04. The van der Waals surface area contributed by atoms with Crippen molar-refractivity contribution >= 4 is 57.4 Å². The first-order valence-corrected chi connectivity index (χ1v) is 15.2. The third-order valence-electron chi connectivity index (χ3n) is 8.12. The number of likely N-dealkylation sites (tertiary alicyclic amines) is 1. The van der Waals surface area contributed by atoms with E-state index in [9.17, 15) is 18.4 Å². The Morgan fingerprint density at radius 2 is 1.82 bits per heavy atom. The average molecular weight is 657 g/mol. The summed E-state index contributed by atoms with van der Waals surface area (Å²) in [6, 6.07) is 11.4. The molecule has 2 N–H and O–H groups in total. The van der Waals surface area contributed by atoms with Crippen LogP contribution in [0.1, 0.15) is 42.7 Å². The second-order valence-electron chi connectivity index (χ2n) is 11.0. The molecular weight excluding hydrogens is 627 g/mol. The number of amides is 2. The summed E-state index contributed by atoms with van der Waals surface area (Å²) < 4.78 is 41.7. The maximum atomic E-state index is 15.0. The Morgan fingerprint density at radius 1 is 1.02 bits per heavy atom. The molecule has 2 amide bonds. The highest BCUT2D eigenvalue weighted by atomic mass is 35.5. The van der Waals surface area contributed by atoms with E-state index in [2.05, 4.69) is 25.5 Å². The number of nitrogens with one attached hydrogen (secondary N) is 2. The number of methoxy groups -OCH3 is 1. The summed E-state index contributed by atoms with van der Waals surface area (Å²) in [6.07, 6.45) is 3.21. The highest BCUT2D eigenvalue weighted by Gasteiger charge is 2.30.